The summed E-state index contributed by atoms with van der Waals surface area (Å²) in [5.74, 6) is 0.654. The van der Waals surface area contributed by atoms with Gasteiger partial charge in [-0.3, -0.25) is 9.59 Å². The summed E-state index contributed by atoms with van der Waals surface area (Å²) in [6.45, 7) is 8.24. The number of aromatic nitrogens is 2. The lowest BCUT2D eigenvalue weighted by Crippen LogP contribution is -2.51. The van der Waals surface area contributed by atoms with Crippen LogP contribution >= 0.6 is 0 Å². The molecule has 0 bridgehead atoms. The van der Waals surface area contributed by atoms with E-state index in [-0.39, 0.29) is 23.7 Å². The van der Waals surface area contributed by atoms with Gasteiger partial charge in [-0.05, 0) is 35.5 Å². The van der Waals surface area contributed by atoms with Gasteiger partial charge in [0.25, 0.3) is 0 Å². The van der Waals surface area contributed by atoms with Crippen LogP contribution < -0.4 is 10.9 Å². The molecule has 1 saturated heterocycles. The number of nitrogens with zero attached hydrogens (tertiary/aromatic N) is 2. The van der Waals surface area contributed by atoms with Crippen molar-refractivity contribution in [1.29, 1.82) is 0 Å². The number of benzene rings is 2. The van der Waals surface area contributed by atoms with Crippen LogP contribution in [0.25, 0.3) is 22.4 Å². The van der Waals surface area contributed by atoms with Gasteiger partial charge in [0.05, 0.1) is 18.8 Å². The number of nitrogens with one attached hydrogen (secondary N) is 2. The third-order valence-electron chi connectivity index (χ3n) is 7.30. The number of methoxy groups -OCH3 is 1. The van der Waals surface area contributed by atoms with Gasteiger partial charge < -0.3 is 19.9 Å². The number of hydrogen-bond donors (Lipinski definition) is 2. The van der Waals surface area contributed by atoms with Crippen LogP contribution in [0.4, 0.5) is 4.79 Å². The van der Waals surface area contributed by atoms with E-state index >= 15 is 0 Å². The van der Waals surface area contributed by atoms with Crippen molar-refractivity contribution >= 4 is 30.7 Å². The van der Waals surface area contributed by atoms with Crippen LogP contribution in [0.5, 0.6) is 0 Å². The molecule has 8 nitrogen and oxygen atoms in total. The van der Waals surface area contributed by atoms with E-state index in [4.69, 9.17) is 9.72 Å². The SMILES string of the molecule is C[B]c1[nH]c([C@@H]2CCCN2C(=O)[C@@H](NC(=O)OC)C(C)C)nc1-c1ccc(-c2ccc(C(=O)CC)cc2)cc1. The van der Waals surface area contributed by atoms with Gasteiger partial charge in [0.1, 0.15) is 11.9 Å². The number of aromatic amines is 1. The lowest BCUT2D eigenvalue weighted by Gasteiger charge is -2.30. The predicted molar refractivity (Wildman–Crippen MR) is 153 cm³/mol. The molecule has 39 heavy (non-hydrogen) atoms. The van der Waals surface area contributed by atoms with Crippen molar-refractivity contribution in [2.24, 2.45) is 5.92 Å². The Hall–Kier alpha value is -3.88. The fraction of sp³-hybridized carbons (Fsp3) is 0.400. The molecular weight excluding hydrogens is 491 g/mol. The zero-order valence-electron chi connectivity index (χ0n) is 23.3. The van der Waals surface area contributed by atoms with Crippen molar-refractivity contribution < 1.29 is 19.1 Å². The number of likely N-dealkylation sites (tertiary alicyclic amines) is 1. The first kappa shape index (κ1) is 28.1. The Morgan fingerprint density at radius 2 is 1.69 bits per heavy atom. The van der Waals surface area contributed by atoms with E-state index < -0.39 is 12.1 Å². The Morgan fingerprint density at radius 3 is 2.26 bits per heavy atom. The van der Waals surface area contributed by atoms with Crippen molar-refractivity contribution in [3.63, 3.8) is 0 Å². The number of imidazole rings is 1. The number of alkyl carbamates (subject to hydrolysis) is 1. The molecule has 0 unspecified atom stereocenters. The van der Waals surface area contributed by atoms with Crippen molar-refractivity contribution in [2.75, 3.05) is 13.7 Å². The third-order valence-corrected chi connectivity index (χ3v) is 7.30. The van der Waals surface area contributed by atoms with Crippen molar-refractivity contribution in [3.05, 3.63) is 59.9 Å². The second-order valence-electron chi connectivity index (χ2n) is 10.2. The summed E-state index contributed by atoms with van der Waals surface area (Å²) < 4.78 is 4.74. The van der Waals surface area contributed by atoms with Gasteiger partial charge in [0, 0.05) is 24.1 Å². The molecule has 2 heterocycles. The minimum Gasteiger partial charge on any atom is -0.453 e. The van der Waals surface area contributed by atoms with Crippen LogP contribution in [-0.2, 0) is 9.53 Å². The summed E-state index contributed by atoms with van der Waals surface area (Å²) >= 11 is 0. The van der Waals surface area contributed by atoms with Crippen molar-refractivity contribution in [2.45, 2.75) is 58.9 Å². The molecule has 2 N–H and O–H groups in total. The monoisotopic (exact) mass is 527 g/mol. The van der Waals surface area contributed by atoms with Gasteiger partial charge in [-0.25, -0.2) is 9.78 Å². The average molecular weight is 527 g/mol. The summed E-state index contributed by atoms with van der Waals surface area (Å²) in [6, 6.07) is 15.0. The van der Waals surface area contributed by atoms with Gasteiger partial charge in [0.2, 0.25) is 5.91 Å². The number of carbonyl (C=O) groups is 3. The first-order valence-electron chi connectivity index (χ1n) is 13.6. The molecule has 1 aliphatic heterocycles. The van der Waals surface area contributed by atoms with Gasteiger partial charge in [-0.15, -0.1) is 0 Å². The molecule has 2 atom stereocenters. The van der Waals surface area contributed by atoms with Crippen LogP contribution in [0.1, 0.15) is 62.3 Å². The van der Waals surface area contributed by atoms with E-state index in [9.17, 15) is 14.4 Å². The first-order chi connectivity index (χ1) is 18.8. The molecule has 203 valence electrons. The quantitative estimate of drug-likeness (QED) is 0.309. The zero-order valence-corrected chi connectivity index (χ0v) is 23.3. The van der Waals surface area contributed by atoms with Crippen molar-refractivity contribution in [3.8, 4) is 22.4 Å². The fourth-order valence-corrected chi connectivity index (χ4v) is 5.06. The molecule has 1 aliphatic rings. The Kier molecular flexibility index (Phi) is 8.89. The highest BCUT2D eigenvalue weighted by Gasteiger charge is 2.37. The highest BCUT2D eigenvalue weighted by Crippen LogP contribution is 2.32. The standard InChI is InChI=1S/C30H36BN4O4/c1-6-24(36)21-13-9-19(10-14-21)20-11-15-22(16-12-20)26-27(31-4)34-28(32-26)23-8-7-17-35(23)29(37)25(18(2)3)33-30(38)39-5/h9-16,18,23,25H,6-8,17H2,1-5H3,(H,32,34)(H,33,38)/t23-,25-/m0/s1. The summed E-state index contributed by atoms with van der Waals surface area (Å²) in [7, 11) is 3.28. The lowest BCUT2D eigenvalue weighted by molar-refractivity contribution is -0.135. The zero-order chi connectivity index (χ0) is 28.1. The number of carbonyl (C=O) groups excluding carboxylic acids is 3. The second-order valence-corrected chi connectivity index (χ2v) is 10.2. The van der Waals surface area contributed by atoms with Crippen LogP contribution in [0.3, 0.4) is 0 Å². The fourth-order valence-electron chi connectivity index (χ4n) is 5.06. The van der Waals surface area contributed by atoms with Crippen LogP contribution in [0.15, 0.2) is 48.5 Å². The van der Waals surface area contributed by atoms with E-state index in [0.717, 1.165) is 52.2 Å². The van der Waals surface area contributed by atoms with Gasteiger partial charge in [-0.1, -0.05) is 76.1 Å². The molecule has 2 amide bonds. The van der Waals surface area contributed by atoms with E-state index in [0.29, 0.717) is 13.0 Å². The lowest BCUT2D eigenvalue weighted by atomic mass is 9.76. The highest BCUT2D eigenvalue weighted by molar-refractivity contribution is 6.52. The van der Waals surface area contributed by atoms with Crippen LogP contribution in [-0.4, -0.2) is 59.6 Å². The number of Topliss-reactive ketones (excluding diaryl/α,β-unsaturated/α-hetero) is 1. The molecule has 3 aromatic rings. The maximum atomic E-state index is 13.5. The molecular formula is C30H36BN4O4. The van der Waals surface area contributed by atoms with Gasteiger partial charge in [0.15, 0.2) is 13.1 Å². The number of rotatable bonds is 9. The summed E-state index contributed by atoms with van der Waals surface area (Å²) in [5.41, 5.74) is 5.51. The van der Waals surface area contributed by atoms with Gasteiger partial charge >= 0.3 is 6.09 Å². The largest absolute Gasteiger partial charge is 0.453 e. The average Bonchev–Trinajstić information content (AvgIpc) is 3.62. The molecule has 0 spiro atoms. The van der Waals surface area contributed by atoms with E-state index in [1.165, 1.54) is 7.11 Å². The molecule has 1 radical (unpaired) electrons. The molecule has 4 rings (SSSR count). The topological polar surface area (TPSA) is 104 Å². The van der Waals surface area contributed by atoms with E-state index in [1.54, 1.807) is 0 Å². The molecule has 1 fully saturated rings. The third kappa shape index (κ3) is 6.08. The molecule has 1 aromatic heterocycles. The molecule has 9 heteroatoms. The predicted octanol–water partition coefficient (Wildman–Crippen LogP) is 4.76. The summed E-state index contributed by atoms with van der Waals surface area (Å²) in [6.07, 6.45) is 1.53. The second kappa shape index (κ2) is 12.3. The summed E-state index contributed by atoms with van der Waals surface area (Å²) in [5, 5.41) is 2.69. The number of H-pyrrole nitrogens is 1. The molecule has 0 saturated carbocycles. The van der Waals surface area contributed by atoms with E-state index in [1.807, 2.05) is 76.2 Å². The van der Waals surface area contributed by atoms with Crippen LogP contribution in [0.2, 0.25) is 6.82 Å². The van der Waals surface area contributed by atoms with E-state index in [2.05, 4.69) is 22.4 Å². The van der Waals surface area contributed by atoms with Crippen LogP contribution in [0, 0.1) is 5.92 Å². The molecule has 2 aromatic carbocycles. The smallest absolute Gasteiger partial charge is 0.407 e. The Bertz CT molecular complexity index is 1320. The molecule has 0 aliphatic carbocycles. The number of ketones is 1. The van der Waals surface area contributed by atoms with Gasteiger partial charge in [-0.2, -0.15) is 0 Å². The Balaban J connectivity index is 1.57. The first-order valence-corrected chi connectivity index (χ1v) is 13.6. The summed E-state index contributed by atoms with van der Waals surface area (Å²) in [4.78, 5) is 47.5. The minimum atomic E-state index is -0.675. The normalized spacial score (nSPS) is 15.7. The Morgan fingerprint density at radius 1 is 1.08 bits per heavy atom. The number of amides is 2. The number of hydrogen-bond acceptors (Lipinski definition) is 5. The maximum absolute atomic E-state index is 13.5. The maximum Gasteiger partial charge on any atom is 0.407 e. The minimum absolute atomic E-state index is 0.0913. The number of ether oxygens (including phenoxy) is 1. The Labute approximate surface area is 230 Å². The highest BCUT2D eigenvalue weighted by atomic mass is 16.5. The van der Waals surface area contributed by atoms with Crippen molar-refractivity contribution in [1.82, 2.24) is 20.2 Å².